The topological polar surface area (TPSA) is 83.0 Å². The van der Waals surface area contributed by atoms with E-state index in [0.717, 1.165) is 0 Å². The second kappa shape index (κ2) is 5.26. The summed E-state index contributed by atoms with van der Waals surface area (Å²) in [5.41, 5.74) is 7.76. The second-order valence-electron chi connectivity index (χ2n) is 5.59. The molecule has 1 aliphatic rings. The highest BCUT2D eigenvalue weighted by Gasteiger charge is 2.29. The number of amides is 1. The van der Waals surface area contributed by atoms with Gasteiger partial charge in [0.25, 0.3) is 0 Å². The van der Waals surface area contributed by atoms with Gasteiger partial charge in [0.05, 0.1) is 22.7 Å². The average Bonchev–Trinajstić information content (AvgIpc) is 2.95. The largest absolute Gasteiger partial charge is 0.369 e. The van der Waals surface area contributed by atoms with Crippen LogP contribution in [0.2, 0.25) is 0 Å². The van der Waals surface area contributed by atoms with Crippen molar-refractivity contribution in [3.8, 4) is 6.07 Å². The highest BCUT2D eigenvalue weighted by atomic mass is 19.1. The number of primary amides is 1. The smallest absolute Gasteiger partial charge is 0.222 e. The first kappa shape index (κ1) is 14.3. The Balaban J connectivity index is 2.19. The van der Waals surface area contributed by atoms with Gasteiger partial charge >= 0.3 is 0 Å². The van der Waals surface area contributed by atoms with Gasteiger partial charge in [-0.05, 0) is 31.0 Å². The van der Waals surface area contributed by atoms with Gasteiger partial charge in [0.15, 0.2) is 0 Å². The SMILES string of the molecule is Cc1cc(F)cc2c(N3CC[C@H](C(N)=O)C3)c(C#N)cnc12. The Morgan fingerprint density at radius 3 is 2.95 bits per heavy atom. The predicted molar refractivity (Wildman–Crippen MR) is 80.7 cm³/mol. The van der Waals surface area contributed by atoms with Crippen LogP contribution in [0.5, 0.6) is 0 Å². The van der Waals surface area contributed by atoms with Gasteiger partial charge in [-0.15, -0.1) is 0 Å². The van der Waals surface area contributed by atoms with Gasteiger partial charge in [0.1, 0.15) is 11.9 Å². The van der Waals surface area contributed by atoms with Crippen LogP contribution in [-0.2, 0) is 4.79 Å². The second-order valence-corrected chi connectivity index (χ2v) is 5.59. The molecule has 2 aromatic rings. The highest BCUT2D eigenvalue weighted by Crippen LogP contribution is 2.34. The van der Waals surface area contributed by atoms with Crippen LogP contribution >= 0.6 is 0 Å². The number of rotatable bonds is 2. The molecule has 1 saturated heterocycles. The maximum atomic E-state index is 13.8. The summed E-state index contributed by atoms with van der Waals surface area (Å²) in [6.45, 7) is 2.83. The molecule has 6 heteroatoms. The molecule has 22 heavy (non-hydrogen) atoms. The van der Waals surface area contributed by atoms with Crippen molar-refractivity contribution in [1.29, 1.82) is 5.26 Å². The van der Waals surface area contributed by atoms with Crippen molar-refractivity contribution in [2.75, 3.05) is 18.0 Å². The van der Waals surface area contributed by atoms with E-state index in [-0.39, 0.29) is 17.6 Å². The molecule has 3 rings (SSSR count). The molecule has 1 atom stereocenters. The number of benzene rings is 1. The van der Waals surface area contributed by atoms with Gasteiger partial charge in [-0.25, -0.2) is 4.39 Å². The third-order valence-corrected chi connectivity index (χ3v) is 4.13. The van der Waals surface area contributed by atoms with Crippen LogP contribution in [0, 0.1) is 30.0 Å². The van der Waals surface area contributed by atoms with E-state index in [4.69, 9.17) is 5.73 Å². The fourth-order valence-corrected chi connectivity index (χ4v) is 3.04. The van der Waals surface area contributed by atoms with Crippen molar-refractivity contribution in [2.45, 2.75) is 13.3 Å². The molecule has 112 valence electrons. The summed E-state index contributed by atoms with van der Waals surface area (Å²) in [6.07, 6.45) is 2.14. The van der Waals surface area contributed by atoms with Crippen LogP contribution in [0.4, 0.5) is 10.1 Å². The highest BCUT2D eigenvalue weighted by molar-refractivity contribution is 5.96. The first-order chi connectivity index (χ1) is 10.5. The number of nitrogens with zero attached hydrogens (tertiary/aromatic N) is 3. The lowest BCUT2D eigenvalue weighted by Gasteiger charge is -2.22. The van der Waals surface area contributed by atoms with E-state index in [1.54, 1.807) is 6.92 Å². The zero-order valence-electron chi connectivity index (χ0n) is 12.1. The number of hydrogen-bond acceptors (Lipinski definition) is 4. The summed E-state index contributed by atoms with van der Waals surface area (Å²) < 4.78 is 13.8. The molecule has 0 bridgehead atoms. The Hall–Kier alpha value is -2.68. The summed E-state index contributed by atoms with van der Waals surface area (Å²) in [5, 5.41) is 9.95. The van der Waals surface area contributed by atoms with Crippen molar-refractivity contribution in [3.05, 3.63) is 35.3 Å². The lowest BCUT2D eigenvalue weighted by Crippen LogP contribution is -2.27. The van der Waals surface area contributed by atoms with Gasteiger partial charge in [0, 0.05) is 24.7 Å². The number of anilines is 1. The standard InChI is InChI=1S/C16H15FN4O/c1-9-4-12(17)5-13-14(9)20-7-11(6-18)15(13)21-3-2-10(8-21)16(19)22/h4-5,7,10H,2-3,8H2,1H3,(H2,19,22)/t10-/m0/s1. The third kappa shape index (κ3) is 2.25. The summed E-state index contributed by atoms with van der Waals surface area (Å²) in [7, 11) is 0. The lowest BCUT2D eigenvalue weighted by molar-refractivity contribution is -0.121. The molecule has 0 unspecified atom stereocenters. The van der Waals surface area contributed by atoms with Crippen LogP contribution in [-0.4, -0.2) is 24.0 Å². The number of aryl methyl sites for hydroxylation is 1. The quantitative estimate of drug-likeness (QED) is 0.917. The number of nitriles is 1. The minimum atomic E-state index is -0.367. The van der Waals surface area contributed by atoms with Crippen molar-refractivity contribution >= 4 is 22.5 Å². The number of carbonyl (C=O) groups excluding carboxylic acids is 1. The summed E-state index contributed by atoms with van der Waals surface area (Å²) in [4.78, 5) is 17.6. The summed E-state index contributed by atoms with van der Waals surface area (Å²) in [6, 6.07) is 4.91. The number of nitrogens with two attached hydrogens (primary N) is 1. The molecule has 0 saturated carbocycles. The fraction of sp³-hybridized carbons (Fsp3) is 0.312. The molecule has 1 aliphatic heterocycles. The van der Waals surface area contributed by atoms with E-state index < -0.39 is 0 Å². The van der Waals surface area contributed by atoms with Crippen molar-refractivity contribution in [2.24, 2.45) is 11.7 Å². The predicted octanol–water partition coefficient (Wildman–Crippen LogP) is 1.87. The molecule has 0 spiro atoms. The maximum absolute atomic E-state index is 13.8. The van der Waals surface area contributed by atoms with E-state index >= 15 is 0 Å². The number of carbonyl (C=O) groups is 1. The molecule has 1 fully saturated rings. The van der Waals surface area contributed by atoms with Crippen molar-refractivity contribution < 1.29 is 9.18 Å². The zero-order valence-corrected chi connectivity index (χ0v) is 12.1. The van der Waals surface area contributed by atoms with E-state index in [1.807, 2.05) is 4.90 Å². The Bertz CT molecular complexity index is 812. The maximum Gasteiger partial charge on any atom is 0.222 e. The number of aromatic nitrogens is 1. The first-order valence-corrected chi connectivity index (χ1v) is 7.04. The molecule has 2 heterocycles. The molecular weight excluding hydrogens is 283 g/mol. The monoisotopic (exact) mass is 298 g/mol. The normalized spacial score (nSPS) is 17.7. The summed E-state index contributed by atoms with van der Waals surface area (Å²) >= 11 is 0. The van der Waals surface area contributed by atoms with Crippen LogP contribution in [0.1, 0.15) is 17.5 Å². The third-order valence-electron chi connectivity index (χ3n) is 4.13. The Kier molecular flexibility index (Phi) is 3.41. The minimum Gasteiger partial charge on any atom is -0.369 e. The molecule has 2 N–H and O–H groups in total. The Morgan fingerprint density at radius 1 is 1.55 bits per heavy atom. The van der Waals surface area contributed by atoms with E-state index in [9.17, 15) is 14.4 Å². The molecule has 0 radical (unpaired) electrons. The van der Waals surface area contributed by atoms with Crippen LogP contribution in [0.3, 0.4) is 0 Å². The van der Waals surface area contributed by atoms with Gasteiger partial charge in [0.2, 0.25) is 5.91 Å². The molecule has 1 aromatic heterocycles. The lowest BCUT2D eigenvalue weighted by atomic mass is 10.1. The van der Waals surface area contributed by atoms with E-state index in [1.165, 1.54) is 18.3 Å². The van der Waals surface area contributed by atoms with E-state index in [2.05, 4.69) is 11.1 Å². The van der Waals surface area contributed by atoms with Crippen molar-refractivity contribution in [1.82, 2.24) is 4.98 Å². The fourth-order valence-electron chi connectivity index (χ4n) is 3.04. The molecule has 1 aromatic carbocycles. The zero-order chi connectivity index (χ0) is 15.9. The van der Waals surface area contributed by atoms with Gasteiger partial charge in [-0.2, -0.15) is 5.26 Å². The Labute approximate surface area is 127 Å². The summed E-state index contributed by atoms with van der Waals surface area (Å²) in [5.74, 6) is -0.958. The first-order valence-electron chi connectivity index (χ1n) is 7.04. The number of halogens is 1. The Morgan fingerprint density at radius 2 is 2.32 bits per heavy atom. The van der Waals surface area contributed by atoms with Crippen molar-refractivity contribution in [3.63, 3.8) is 0 Å². The molecule has 0 aliphatic carbocycles. The number of fused-ring (bicyclic) bond motifs is 1. The molecular formula is C16H15FN4O. The number of pyridine rings is 1. The average molecular weight is 298 g/mol. The van der Waals surface area contributed by atoms with Crippen LogP contribution in [0.15, 0.2) is 18.3 Å². The van der Waals surface area contributed by atoms with Gasteiger partial charge in [-0.3, -0.25) is 9.78 Å². The van der Waals surface area contributed by atoms with Gasteiger partial charge in [-0.1, -0.05) is 0 Å². The van der Waals surface area contributed by atoms with E-state index in [0.29, 0.717) is 47.2 Å². The van der Waals surface area contributed by atoms with Crippen LogP contribution < -0.4 is 10.6 Å². The minimum absolute atomic E-state index is 0.246. The molecule has 5 nitrogen and oxygen atoms in total. The van der Waals surface area contributed by atoms with Gasteiger partial charge < -0.3 is 10.6 Å². The molecule has 1 amide bonds. The number of hydrogen-bond donors (Lipinski definition) is 1. The van der Waals surface area contributed by atoms with Crippen LogP contribution in [0.25, 0.3) is 10.9 Å².